The molecule has 0 bridgehead atoms. The number of hydrogen-bond donors (Lipinski definition) is 0. The first-order valence-corrected chi connectivity index (χ1v) is 35.8. The average Bonchev–Trinajstić information content (AvgIpc) is 3.46. The maximum Gasteiger partial charge on any atom is 0.306 e. The van der Waals surface area contributed by atoms with E-state index in [0.29, 0.717) is 19.3 Å². The molecule has 0 radical (unpaired) electrons. The SMILES string of the molecule is CCC/C=C\C/C=C\CCCCCCCC(=O)OCC(COC(=O)CCCCCCCCCCCCCCCCCCCCCCC/C=C\C/C=C\CCCCCCC)OC(=O)CCCCCCCCC/C=C\CCCCCCCC. The van der Waals surface area contributed by atoms with Crippen LogP contribution in [-0.2, 0) is 28.6 Å². The molecule has 0 N–H and O–H groups in total. The first-order chi connectivity index (χ1) is 40.0. The number of hydrogen-bond acceptors (Lipinski definition) is 6. The zero-order valence-electron chi connectivity index (χ0n) is 54.3. The van der Waals surface area contributed by atoms with Gasteiger partial charge in [-0.3, -0.25) is 14.4 Å². The van der Waals surface area contributed by atoms with Crippen molar-refractivity contribution in [3.8, 4) is 0 Å². The van der Waals surface area contributed by atoms with Gasteiger partial charge >= 0.3 is 17.9 Å². The van der Waals surface area contributed by atoms with Crippen LogP contribution >= 0.6 is 0 Å². The third kappa shape index (κ3) is 67.8. The molecule has 0 aliphatic rings. The second kappa shape index (κ2) is 69.6. The highest BCUT2D eigenvalue weighted by atomic mass is 16.6. The fraction of sp³-hybridized carbons (Fsp3) is 0.827. The van der Waals surface area contributed by atoms with Gasteiger partial charge in [0.05, 0.1) is 0 Å². The molecule has 1 atom stereocenters. The summed E-state index contributed by atoms with van der Waals surface area (Å²) in [5.41, 5.74) is 0. The Morgan fingerprint density at radius 3 is 0.741 bits per heavy atom. The second-order valence-corrected chi connectivity index (χ2v) is 24.1. The van der Waals surface area contributed by atoms with Crippen molar-refractivity contribution in [3.05, 3.63) is 60.8 Å². The highest BCUT2D eigenvalue weighted by Gasteiger charge is 2.19. The van der Waals surface area contributed by atoms with Crippen LogP contribution < -0.4 is 0 Å². The van der Waals surface area contributed by atoms with Crippen LogP contribution in [0.25, 0.3) is 0 Å². The van der Waals surface area contributed by atoms with Gasteiger partial charge in [-0.25, -0.2) is 0 Å². The number of esters is 3. The van der Waals surface area contributed by atoms with E-state index in [9.17, 15) is 14.4 Å². The van der Waals surface area contributed by atoms with E-state index in [2.05, 4.69) is 81.5 Å². The number of unbranched alkanes of at least 4 members (excludes halogenated alkanes) is 45. The van der Waals surface area contributed by atoms with E-state index in [1.165, 1.54) is 250 Å². The van der Waals surface area contributed by atoms with Gasteiger partial charge in [-0.2, -0.15) is 0 Å². The van der Waals surface area contributed by atoms with E-state index < -0.39 is 6.10 Å². The lowest BCUT2D eigenvalue weighted by Gasteiger charge is -2.18. The van der Waals surface area contributed by atoms with E-state index in [-0.39, 0.29) is 31.1 Å². The molecule has 0 aliphatic heterocycles. The van der Waals surface area contributed by atoms with Crippen molar-refractivity contribution in [2.45, 2.75) is 386 Å². The van der Waals surface area contributed by atoms with Gasteiger partial charge in [0.15, 0.2) is 6.10 Å². The molecule has 0 fully saturated rings. The summed E-state index contributed by atoms with van der Waals surface area (Å²) in [6.45, 7) is 6.60. The van der Waals surface area contributed by atoms with Crippen LogP contribution in [0.15, 0.2) is 60.8 Å². The number of ether oxygens (including phenoxy) is 3. The molecule has 0 amide bonds. The Kier molecular flexibility index (Phi) is 67.1. The second-order valence-electron chi connectivity index (χ2n) is 24.1. The Bertz CT molecular complexity index is 1440. The van der Waals surface area contributed by atoms with Crippen molar-refractivity contribution in [1.29, 1.82) is 0 Å². The fourth-order valence-electron chi connectivity index (χ4n) is 10.6. The van der Waals surface area contributed by atoms with Crippen LogP contribution in [0.3, 0.4) is 0 Å². The molecule has 0 aliphatic carbocycles. The molecule has 0 aromatic rings. The molecular weight excluding hydrogens is 997 g/mol. The predicted molar refractivity (Wildman–Crippen MR) is 353 cm³/mol. The van der Waals surface area contributed by atoms with E-state index >= 15 is 0 Å². The normalized spacial score (nSPS) is 12.4. The monoisotopic (exact) mass is 1130 g/mol. The van der Waals surface area contributed by atoms with Crippen LogP contribution in [0.5, 0.6) is 0 Å². The summed E-state index contributed by atoms with van der Waals surface area (Å²) >= 11 is 0. The van der Waals surface area contributed by atoms with Crippen LogP contribution in [0.2, 0.25) is 0 Å². The molecule has 0 saturated heterocycles. The average molecular weight is 1130 g/mol. The van der Waals surface area contributed by atoms with Gasteiger partial charge in [-0.1, -0.05) is 319 Å². The summed E-state index contributed by atoms with van der Waals surface area (Å²) < 4.78 is 17.0. The van der Waals surface area contributed by atoms with Gasteiger partial charge in [-0.05, 0) is 103 Å². The van der Waals surface area contributed by atoms with Gasteiger partial charge < -0.3 is 14.2 Å². The quantitative estimate of drug-likeness (QED) is 0.0261. The molecule has 1 unspecified atom stereocenters. The molecule has 0 saturated carbocycles. The molecule has 472 valence electrons. The van der Waals surface area contributed by atoms with Crippen molar-refractivity contribution >= 4 is 17.9 Å². The Balaban J connectivity index is 4.13. The predicted octanol–water partition coefficient (Wildman–Crippen LogP) is 24.7. The molecule has 0 spiro atoms. The first-order valence-electron chi connectivity index (χ1n) is 35.8. The number of carbonyl (C=O) groups excluding carboxylic acids is 3. The number of carbonyl (C=O) groups is 3. The summed E-state index contributed by atoms with van der Waals surface area (Å²) in [6.07, 6.45) is 89.8. The molecule has 6 heteroatoms. The third-order valence-electron chi connectivity index (χ3n) is 15.9. The van der Waals surface area contributed by atoms with Crippen molar-refractivity contribution in [2.24, 2.45) is 0 Å². The zero-order chi connectivity index (χ0) is 58.5. The molecule has 81 heavy (non-hydrogen) atoms. The van der Waals surface area contributed by atoms with Gasteiger partial charge in [-0.15, -0.1) is 0 Å². The number of allylic oxidation sites excluding steroid dienone is 10. The highest BCUT2D eigenvalue weighted by Crippen LogP contribution is 2.18. The zero-order valence-corrected chi connectivity index (χ0v) is 54.3. The summed E-state index contributed by atoms with van der Waals surface area (Å²) in [4.78, 5) is 38.4. The van der Waals surface area contributed by atoms with E-state index in [0.717, 1.165) is 89.9 Å². The van der Waals surface area contributed by atoms with Crippen LogP contribution in [0, 0.1) is 0 Å². The van der Waals surface area contributed by atoms with Crippen molar-refractivity contribution in [2.75, 3.05) is 13.2 Å². The topological polar surface area (TPSA) is 78.9 Å². The molecule has 6 nitrogen and oxygen atoms in total. The minimum Gasteiger partial charge on any atom is -0.462 e. The van der Waals surface area contributed by atoms with Crippen molar-refractivity contribution < 1.29 is 28.6 Å². The Labute approximate surface area is 504 Å². The number of rotatable bonds is 66. The largest absolute Gasteiger partial charge is 0.462 e. The van der Waals surface area contributed by atoms with Crippen LogP contribution in [0.1, 0.15) is 380 Å². The van der Waals surface area contributed by atoms with Gasteiger partial charge in [0.25, 0.3) is 0 Å². The lowest BCUT2D eigenvalue weighted by Crippen LogP contribution is -2.30. The molecule has 0 rings (SSSR count). The third-order valence-corrected chi connectivity index (χ3v) is 15.9. The van der Waals surface area contributed by atoms with E-state index in [4.69, 9.17) is 14.2 Å². The summed E-state index contributed by atoms with van der Waals surface area (Å²) in [7, 11) is 0. The van der Waals surface area contributed by atoms with Gasteiger partial charge in [0, 0.05) is 19.3 Å². The van der Waals surface area contributed by atoms with Crippen LogP contribution in [-0.4, -0.2) is 37.2 Å². The molecule has 0 aromatic heterocycles. The van der Waals surface area contributed by atoms with E-state index in [1.54, 1.807) is 0 Å². The molecule has 0 aromatic carbocycles. The maximum atomic E-state index is 12.9. The van der Waals surface area contributed by atoms with Crippen molar-refractivity contribution in [3.63, 3.8) is 0 Å². The Morgan fingerprint density at radius 1 is 0.247 bits per heavy atom. The maximum absolute atomic E-state index is 12.9. The molecular formula is C75H136O6. The molecule has 0 heterocycles. The summed E-state index contributed by atoms with van der Waals surface area (Å²) in [5, 5.41) is 0. The van der Waals surface area contributed by atoms with Gasteiger partial charge in [0.2, 0.25) is 0 Å². The Hall–Kier alpha value is -2.89. The van der Waals surface area contributed by atoms with Crippen LogP contribution in [0.4, 0.5) is 0 Å². The highest BCUT2D eigenvalue weighted by molar-refractivity contribution is 5.71. The first kappa shape index (κ1) is 78.1. The minimum absolute atomic E-state index is 0.0766. The lowest BCUT2D eigenvalue weighted by molar-refractivity contribution is -0.167. The summed E-state index contributed by atoms with van der Waals surface area (Å²) in [5.74, 6) is -0.874. The summed E-state index contributed by atoms with van der Waals surface area (Å²) in [6, 6.07) is 0. The van der Waals surface area contributed by atoms with Crippen molar-refractivity contribution in [1.82, 2.24) is 0 Å². The fourth-order valence-corrected chi connectivity index (χ4v) is 10.6. The lowest BCUT2D eigenvalue weighted by atomic mass is 10.0. The van der Waals surface area contributed by atoms with E-state index in [1.807, 2.05) is 0 Å². The van der Waals surface area contributed by atoms with Gasteiger partial charge in [0.1, 0.15) is 13.2 Å². The minimum atomic E-state index is -0.781. The smallest absolute Gasteiger partial charge is 0.306 e. The Morgan fingerprint density at radius 2 is 0.469 bits per heavy atom. The standard InChI is InChI=1S/C75H136O6/c1-4-7-10-13-16-19-22-25-27-29-30-31-32-33-34-35-36-37-38-39-40-41-42-43-44-46-47-50-53-56-59-62-65-68-74(77)80-71-72(70-79-73(76)67-64-61-58-55-52-49-24-21-18-15-12-9-6-3)81-75(78)69-66-63-60-57-54-51-48-45-28-26-23-20-17-14-11-8-5-2/h12,15,21-22,24-26,28-30,72H,4-11,13-14,16-20,23,27,31-71H2,1-3H3/b15-12-,24-21-,25-22-,28-26-,30-29-.